The largest absolute Gasteiger partial charge is 0.378 e. The zero-order chi connectivity index (χ0) is 14.5. The lowest BCUT2D eigenvalue weighted by Gasteiger charge is -2.28. The molecule has 1 aliphatic rings. The van der Waals surface area contributed by atoms with Crippen LogP contribution in [0.2, 0.25) is 0 Å². The third kappa shape index (κ3) is 3.60. The van der Waals surface area contributed by atoms with Crippen LogP contribution in [-0.2, 0) is 4.74 Å². The fraction of sp³-hybridized carbons (Fsp3) is 0.235. The van der Waals surface area contributed by atoms with E-state index in [0.29, 0.717) is 0 Å². The minimum Gasteiger partial charge on any atom is -0.378 e. The lowest BCUT2D eigenvalue weighted by molar-refractivity contribution is 0.104. The number of hydrogen-bond donors (Lipinski definition) is 0. The summed E-state index contributed by atoms with van der Waals surface area (Å²) in [7, 11) is 0. The molecule has 0 bridgehead atoms. The van der Waals surface area contributed by atoms with Gasteiger partial charge in [-0.2, -0.15) is 0 Å². The van der Waals surface area contributed by atoms with E-state index in [4.69, 9.17) is 4.74 Å². The Balaban J connectivity index is 1.67. The van der Waals surface area contributed by atoms with Gasteiger partial charge in [0.15, 0.2) is 5.78 Å². The normalized spacial score (nSPS) is 15.5. The smallest absolute Gasteiger partial charge is 0.185 e. The molecule has 0 atom stereocenters. The van der Waals surface area contributed by atoms with Gasteiger partial charge in [-0.05, 0) is 47.9 Å². The van der Waals surface area contributed by atoms with Crippen molar-refractivity contribution in [1.29, 1.82) is 0 Å². The van der Waals surface area contributed by atoms with Gasteiger partial charge in [0, 0.05) is 29.2 Å². The van der Waals surface area contributed by atoms with Gasteiger partial charge in [-0.1, -0.05) is 6.07 Å². The monoisotopic (exact) mass is 299 g/mol. The predicted octanol–water partition coefficient (Wildman–Crippen LogP) is 3.48. The summed E-state index contributed by atoms with van der Waals surface area (Å²) >= 11 is 1.62. The average molecular weight is 299 g/mol. The van der Waals surface area contributed by atoms with Crippen molar-refractivity contribution >= 4 is 28.9 Å². The molecule has 2 heterocycles. The van der Waals surface area contributed by atoms with Gasteiger partial charge in [-0.3, -0.25) is 4.79 Å². The second kappa shape index (κ2) is 6.70. The van der Waals surface area contributed by atoms with E-state index in [1.807, 2.05) is 47.9 Å². The van der Waals surface area contributed by atoms with E-state index in [1.54, 1.807) is 17.4 Å². The van der Waals surface area contributed by atoms with Gasteiger partial charge >= 0.3 is 0 Å². The average Bonchev–Trinajstić information content (AvgIpc) is 3.07. The van der Waals surface area contributed by atoms with Crippen LogP contribution < -0.4 is 4.90 Å². The SMILES string of the molecule is O=C(/C=C/c1cccs1)c1ccc(N2CCOCC2)cc1. The summed E-state index contributed by atoms with van der Waals surface area (Å²) in [5.74, 6) is 0.0388. The van der Waals surface area contributed by atoms with Gasteiger partial charge in [0.25, 0.3) is 0 Å². The quantitative estimate of drug-likeness (QED) is 0.639. The molecular formula is C17H17NO2S. The first-order chi connectivity index (χ1) is 10.3. The molecule has 21 heavy (non-hydrogen) atoms. The number of carbonyl (C=O) groups is 1. The Bertz CT molecular complexity index is 611. The van der Waals surface area contributed by atoms with Crippen LogP contribution in [0, 0.1) is 0 Å². The first-order valence-corrected chi connectivity index (χ1v) is 7.89. The van der Waals surface area contributed by atoms with Gasteiger partial charge in [0.1, 0.15) is 0 Å². The van der Waals surface area contributed by atoms with Crippen molar-refractivity contribution in [2.24, 2.45) is 0 Å². The topological polar surface area (TPSA) is 29.5 Å². The Hall–Kier alpha value is -1.91. The van der Waals surface area contributed by atoms with Crippen molar-refractivity contribution in [3.05, 3.63) is 58.3 Å². The minimum atomic E-state index is 0.0388. The Labute approximate surface area is 128 Å². The summed E-state index contributed by atoms with van der Waals surface area (Å²) in [5, 5.41) is 2.00. The Morgan fingerprint density at radius 3 is 2.57 bits per heavy atom. The Morgan fingerprint density at radius 2 is 1.90 bits per heavy atom. The number of allylic oxidation sites excluding steroid dienone is 1. The predicted molar refractivity (Wildman–Crippen MR) is 87.2 cm³/mol. The first kappa shape index (κ1) is 14.0. The molecule has 0 aliphatic carbocycles. The molecule has 0 saturated carbocycles. The van der Waals surface area contributed by atoms with Crippen LogP contribution >= 0.6 is 11.3 Å². The van der Waals surface area contributed by atoms with Gasteiger partial charge in [-0.15, -0.1) is 11.3 Å². The first-order valence-electron chi connectivity index (χ1n) is 7.01. The maximum atomic E-state index is 12.1. The van der Waals surface area contributed by atoms with Gasteiger partial charge in [-0.25, -0.2) is 0 Å². The van der Waals surface area contributed by atoms with Crippen LogP contribution in [0.1, 0.15) is 15.2 Å². The zero-order valence-electron chi connectivity index (χ0n) is 11.7. The van der Waals surface area contributed by atoms with E-state index in [9.17, 15) is 4.79 Å². The van der Waals surface area contributed by atoms with Crippen LogP contribution in [0.3, 0.4) is 0 Å². The summed E-state index contributed by atoms with van der Waals surface area (Å²) < 4.78 is 5.35. The lowest BCUT2D eigenvalue weighted by Crippen LogP contribution is -2.36. The molecule has 2 aromatic rings. The van der Waals surface area contributed by atoms with Crippen molar-refractivity contribution in [1.82, 2.24) is 0 Å². The number of thiophene rings is 1. The summed E-state index contributed by atoms with van der Waals surface area (Å²) in [6, 6.07) is 11.8. The summed E-state index contributed by atoms with van der Waals surface area (Å²) in [5.41, 5.74) is 1.87. The van der Waals surface area contributed by atoms with Crippen molar-refractivity contribution in [3.63, 3.8) is 0 Å². The number of morpholine rings is 1. The molecule has 1 fully saturated rings. The maximum Gasteiger partial charge on any atom is 0.185 e. The molecule has 0 radical (unpaired) electrons. The number of ether oxygens (including phenoxy) is 1. The van der Waals surface area contributed by atoms with Crippen molar-refractivity contribution in [2.45, 2.75) is 0 Å². The molecule has 0 N–H and O–H groups in total. The highest BCUT2D eigenvalue weighted by Crippen LogP contribution is 2.17. The van der Waals surface area contributed by atoms with Gasteiger partial charge in [0.2, 0.25) is 0 Å². The molecule has 1 aromatic heterocycles. The van der Waals surface area contributed by atoms with Crippen molar-refractivity contribution in [2.75, 3.05) is 31.2 Å². The maximum absolute atomic E-state index is 12.1. The van der Waals surface area contributed by atoms with Gasteiger partial charge < -0.3 is 9.64 Å². The van der Waals surface area contributed by atoms with E-state index < -0.39 is 0 Å². The number of ketones is 1. The summed E-state index contributed by atoms with van der Waals surface area (Å²) in [6.07, 6.45) is 3.50. The highest BCUT2D eigenvalue weighted by Gasteiger charge is 2.11. The molecule has 0 amide bonds. The molecule has 1 aromatic carbocycles. The fourth-order valence-electron chi connectivity index (χ4n) is 2.30. The molecule has 0 unspecified atom stereocenters. The fourth-order valence-corrected chi connectivity index (χ4v) is 2.92. The number of anilines is 1. The molecule has 108 valence electrons. The van der Waals surface area contributed by atoms with Gasteiger partial charge in [0.05, 0.1) is 13.2 Å². The van der Waals surface area contributed by atoms with Crippen LogP contribution in [0.5, 0.6) is 0 Å². The summed E-state index contributed by atoms with van der Waals surface area (Å²) in [4.78, 5) is 15.5. The van der Waals surface area contributed by atoms with E-state index in [1.165, 1.54) is 0 Å². The highest BCUT2D eigenvalue weighted by atomic mass is 32.1. The Morgan fingerprint density at radius 1 is 1.14 bits per heavy atom. The van der Waals surface area contributed by atoms with E-state index in [0.717, 1.165) is 42.4 Å². The number of rotatable bonds is 4. The molecule has 0 spiro atoms. The lowest BCUT2D eigenvalue weighted by atomic mass is 10.1. The standard InChI is InChI=1S/C17H17NO2S/c19-17(8-7-16-2-1-13-21-16)14-3-5-15(6-4-14)18-9-11-20-12-10-18/h1-8,13H,9-12H2/b8-7+. The van der Waals surface area contributed by atoms with E-state index in [2.05, 4.69) is 4.90 Å². The molecular weight excluding hydrogens is 282 g/mol. The van der Waals surface area contributed by atoms with Crippen LogP contribution in [0.15, 0.2) is 47.9 Å². The van der Waals surface area contributed by atoms with Crippen LogP contribution in [0.4, 0.5) is 5.69 Å². The minimum absolute atomic E-state index is 0.0388. The summed E-state index contributed by atoms with van der Waals surface area (Å²) in [6.45, 7) is 3.35. The van der Waals surface area contributed by atoms with Crippen LogP contribution in [0.25, 0.3) is 6.08 Å². The molecule has 4 heteroatoms. The van der Waals surface area contributed by atoms with E-state index in [-0.39, 0.29) is 5.78 Å². The third-order valence-electron chi connectivity index (χ3n) is 3.47. The zero-order valence-corrected chi connectivity index (χ0v) is 12.5. The second-order valence-corrected chi connectivity index (χ2v) is 5.84. The van der Waals surface area contributed by atoms with Crippen LogP contribution in [-0.4, -0.2) is 32.1 Å². The van der Waals surface area contributed by atoms with Crippen molar-refractivity contribution in [3.8, 4) is 0 Å². The number of hydrogen-bond acceptors (Lipinski definition) is 4. The molecule has 3 rings (SSSR count). The Kier molecular flexibility index (Phi) is 4.48. The highest BCUT2D eigenvalue weighted by molar-refractivity contribution is 7.10. The van der Waals surface area contributed by atoms with E-state index >= 15 is 0 Å². The molecule has 3 nitrogen and oxygen atoms in total. The van der Waals surface area contributed by atoms with Crippen molar-refractivity contribution < 1.29 is 9.53 Å². The molecule has 1 aliphatic heterocycles. The molecule has 1 saturated heterocycles. The third-order valence-corrected chi connectivity index (χ3v) is 4.31. The number of benzene rings is 1. The second-order valence-electron chi connectivity index (χ2n) is 4.86. The number of carbonyl (C=O) groups excluding carboxylic acids is 1. The number of nitrogens with zero attached hydrogens (tertiary/aromatic N) is 1.